The minimum atomic E-state index is -0.0958. The predicted molar refractivity (Wildman–Crippen MR) is 104 cm³/mol. The van der Waals surface area contributed by atoms with Crippen molar-refractivity contribution in [3.05, 3.63) is 54.4 Å². The Kier molecular flexibility index (Phi) is 5.07. The first-order valence-corrected chi connectivity index (χ1v) is 9.34. The summed E-state index contributed by atoms with van der Waals surface area (Å²) in [5.74, 6) is 1.52. The minimum Gasteiger partial charge on any atom is -0.494 e. The number of carbonyl (C=O) groups excluding carboxylic acids is 1. The van der Waals surface area contributed by atoms with Crippen molar-refractivity contribution in [1.29, 1.82) is 0 Å². The van der Waals surface area contributed by atoms with Gasteiger partial charge < -0.3 is 19.4 Å². The second-order valence-corrected chi connectivity index (χ2v) is 6.55. The molecule has 1 aliphatic heterocycles. The standard InChI is InChI=1S/C21H23N3O3/c1-2-26-16-11-9-15(10-12-16)22-20(25)14-24-18-7-4-3-6-17(18)23-21(24)19-8-5-13-27-19/h3-4,6-7,9-12,19H,2,5,8,13-14H2,1H3,(H,22,25). The van der Waals surface area contributed by atoms with Crippen LogP contribution in [0.5, 0.6) is 5.75 Å². The van der Waals surface area contributed by atoms with Gasteiger partial charge in [-0.3, -0.25) is 4.79 Å². The summed E-state index contributed by atoms with van der Waals surface area (Å²) in [4.78, 5) is 17.4. The lowest BCUT2D eigenvalue weighted by molar-refractivity contribution is -0.116. The molecule has 2 aromatic carbocycles. The molecule has 0 bridgehead atoms. The van der Waals surface area contributed by atoms with Gasteiger partial charge in [-0.05, 0) is 56.2 Å². The van der Waals surface area contributed by atoms with Gasteiger partial charge in [0, 0.05) is 12.3 Å². The number of carbonyl (C=O) groups is 1. The molecule has 27 heavy (non-hydrogen) atoms. The Morgan fingerprint density at radius 1 is 1.26 bits per heavy atom. The molecular formula is C21H23N3O3. The van der Waals surface area contributed by atoms with Gasteiger partial charge in [-0.2, -0.15) is 0 Å². The van der Waals surface area contributed by atoms with Gasteiger partial charge in [-0.25, -0.2) is 4.98 Å². The van der Waals surface area contributed by atoms with Crippen molar-refractivity contribution in [1.82, 2.24) is 9.55 Å². The van der Waals surface area contributed by atoms with E-state index in [9.17, 15) is 4.79 Å². The molecule has 0 saturated carbocycles. The molecule has 0 spiro atoms. The summed E-state index contributed by atoms with van der Waals surface area (Å²) in [6, 6.07) is 15.3. The van der Waals surface area contributed by atoms with Crippen LogP contribution in [0.2, 0.25) is 0 Å². The summed E-state index contributed by atoms with van der Waals surface area (Å²) >= 11 is 0. The minimum absolute atomic E-state index is 0.0457. The van der Waals surface area contributed by atoms with Crippen molar-refractivity contribution in [2.24, 2.45) is 0 Å². The van der Waals surface area contributed by atoms with Gasteiger partial charge in [-0.1, -0.05) is 12.1 Å². The number of benzene rings is 2. The summed E-state index contributed by atoms with van der Waals surface area (Å²) in [6.07, 6.45) is 1.91. The Balaban J connectivity index is 1.55. The number of fused-ring (bicyclic) bond motifs is 1. The largest absolute Gasteiger partial charge is 0.494 e. The number of imidazole rings is 1. The lowest BCUT2D eigenvalue weighted by Crippen LogP contribution is -2.21. The highest BCUT2D eigenvalue weighted by molar-refractivity contribution is 5.91. The number of nitrogens with zero attached hydrogens (tertiary/aromatic N) is 2. The molecule has 3 aromatic rings. The predicted octanol–water partition coefficient (Wildman–Crippen LogP) is 3.93. The maximum absolute atomic E-state index is 12.7. The number of nitrogens with one attached hydrogen (secondary N) is 1. The van der Waals surface area contributed by atoms with Crippen molar-refractivity contribution >= 4 is 22.6 Å². The van der Waals surface area contributed by atoms with E-state index in [1.807, 2.05) is 60.0 Å². The van der Waals surface area contributed by atoms with Crippen LogP contribution in [0.1, 0.15) is 31.7 Å². The fourth-order valence-electron chi connectivity index (χ4n) is 3.43. The maximum atomic E-state index is 12.7. The van der Waals surface area contributed by atoms with Crippen LogP contribution in [0.25, 0.3) is 11.0 Å². The second kappa shape index (κ2) is 7.80. The first-order chi connectivity index (χ1) is 13.2. The molecule has 0 radical (unpaired) electrons. The number of ether oxygens (including phenoxy) is 2. The first kappa shape index (κ1) is 17.5. The Morgan fingerprint density at radius 2 is 2.07 bits per heavy atom. The highest BCUT2D eigenvalue weighted by atomic mass is 16.5. The third-order valence-corrected chi connectivity index (χ3v) is 4.65. The van der Waals surface area contributed by atoms with Gasteiger partial charge in [0.15, 0.2) is 0 Å². The molecule has 1 saturated heterocycles. The molecule has 0 aliphatic carbocycles. The zero-order valence-electron chi connectivity index (χ0n) is 15.4. The van der Waals surface area contributed by atoms with E-state index in [-0.39, 0.29) is 18.6 Å². The van der Waals surface area contributed by atoms with E-state index in [4.69, 9.17) is 14.5 Å². The van der Waals surface area contributed by atoms with Crippen LogP contribution < -0.4 is 10.1 Å². The molecule has 4 rings (SSSR count). The van der Waals surface area contributed by atoms with E-state index < -0.39 is 0 Å². The lowest BCUT2D eigenvalue weighted by Gasteiger charge is -2.14. The first-order valence-electron chi connectivity index (χ1n) is 9.34. The summed E-state index contributed by atoms with van der Waals surface area (Å²) in [6.45, 7) is 3.50. The second-order valence-electron chi connectivity index (χ2n) is 6.55. The molecule has 1 amide bonds. The van der Waals surface area contributed by atoms with Crippen LogP contribution in [0, 0.1) is 0 Å². The van der Waals surface area contributed by atoms with E-state index in [2.05, 4.69) is 5.32 Å². The number of hydrogen-bond acceptors (Lipinski definition) is 4. The van der Waals surface area contributed by atoms with E-state index >= 15 is 0 Å². The van der Waals surface area contributed by atoms with Gasteiger partial charge >= 0.3 is 0 Å². The average Bonchev–Trinajstić information content (AvgIpc) is 3.32. The molecule has 1 fully saturated rings. The summed E-state index contributed by atoms with van der Waals surface area (Å²) < 4.78 is 13.2. The van der Waals surface area contributed by atoms with Gasteiger partial charge in [0.1, 0.15) is 24.2 Å². The fourth-order valence-corrected chi connectivity index (χ4v) is 3.43. The van der Waals surface area contributed by atoms with Crippen molar-refractivity contribution in [3.8, 4) is 5.75 Å². The average molecular weight is 365 g/mol. The van der Waals surface area contributed by atoms with Gasteiger partial charge in [-0.15, -0.1) is 0 Å². The zero-order chi connectivity index (χ0) is 18.6. The zero-order valence-corrected chi connectivity index (χ0v) is 15.4. The maximum Gasteiger partial charge on any atom is 0.244 e. The molecule has 6 heteroatoms. The van der Waals surface area contributed by atoms with Crippen LogP contribution >= 0.6 is 0 Å². The molecule has 1 aliphatic rings. The van der Waals surface area contributed by atoms with E-state index in [1.54, 1.807) is 0 Å². The van der Waals surface area contributed by atoms with E-state index in [0.717, 1.165) is 47.7 Å². The number of para-hydroxylation sites is 2. The van der Waals surface area contributed by atoms with Crippen molar-refractivity contribution < 1.29 is 14.3 Å². The monoisotopic (exact) mass is 365 g/mol. The normalized spacial score (nSPS) is 16.6. The van der Waals surface area contributed by atoms with Crippen LogP contribution in [-0.2, 0) is 16.1 Å². The molecule has 1 unspecified atom stereocenters. The number of anilines is 1. The van der Waals surface area contributed by atoms with Crippen LogP contribution in [0.15, 0.2) is 48.5 Å². The van der Waals surface area contributed by atoms with E-state index in [1.165, 1.54) is 0 Å². The SMILES string of the molecule is CCOc1ccc(NC(=O)Cn2c(C3CCCO3)nc3ccccc32)cc1. The molecule has 1 aromatic heterocycles. The molecule has 140 valence electrons. The third kappa shape index (κ3) is 3.80. The van der Waals surface area contributed by atoms with Gasteiger partial charge in [0.05, 0.1) is 17.6 Å². The summed E-state index contributed by atoms with van der Waals surface area (Å²) in [5.41, 5.74) is 2.58. The van der Waals surface area contributed by atoms with Crippen LogP contribution in [-0.4, -0.2) is 28.7 Å². The molecule has 2 heterocycles. The van der Waals surface area contributed by atoms with Gasteiger partial charge in [0.2, 0.25) is 5.91 Å². The van der Waals surface area contributed by atoms with Crippen molar-refractivity contribution in [2.75, 3.05) is 18.5 Å². The molecule has 1 atom stereocenters. The Labute approximate surface area is 158 Å². The smallest absolute Gasteiger partial charge is 0.244 e. The Bertz CT molecular complexity index is 927. The number of amides is 1. The third-order valence-electron chi connectivity index (χ3n) is 4.65. The molecular weight excluding hydrogens is 342 g/mol. The van der Waals surface area contributed by atoms with E-state index in [0.29, 0.717) is 6.61 Å². The molecule has 1 N–H and O–H groups in total. The van der Waals surface area contributed by atoms with Crippen molar-refractivity contribution in [3.63, 3.8) is 0 Å². The summed E-state index contributed by atoms with van der Waals surface area (Å²) in [5, 5.41) is 2.95. The topological polar surface area (TPSA) is 65.4 Å². The van der Waals surface area contributed by atoms with Crippen LogP contribution in [0.4, 0.5) is 5.69 Å². The summed E-state index contributed by atoms with van der Waals surface area (Å²) in [7, 11) is 0. The highest BCUT2D eigenvalue weighted by Crippen LogP contribution is 2.30. The number of rotatable bonds is 6. The van der Waals surface area contributed by atoms with Crippen molar-refractivity contribution in [2.45, 2.75) is 32.4 Å². The Morgan fingerprint density at radius 3 is 2.81 bits per heavy atom. The van der Waals surface area contributed by atoms with Crippen LogP contribution in [0.3, 0.4) is 0 Å². The molecule has 6 nitrogen and oxygen atoms in total. The quantitative estimate of drug-likeness (QED) is 0.719. The van der Waals surface area contributed by atoms with Gasteiger partial charge in [0.25, 0.3) is 0 Å². The number of hydrogen-bond donors (Lipinski definition) is 1. The highest BCUT2D eigenvalue weighted by Gasteiger charge is 2.25. The number of aromatic nitrogens is 2. The Hall–Kier alpha value is -2.86. The lowest BCUT2D eigenvalue weighted by atomic mass is 10.2. The fraction of sp³-hybridized carbons (Fsp3) is 0.333.